The Labute approximate surface area is 121 Å². The summed E-state index contributed by atoms with van der Waals surface area (Å²) < 4.78 is 65.8. The molecule has 1 rings (SSSR count). The lowest BCUT2D eigenvalue weighted by Crippen LogP contribution is -2.32. The fourth-order valence-electron chi connectivity index (χ4n) is 1.68. The van der Waals surface area contributed by atoms with Crippen LogP contribution >= 0.6 is 0 Å². The third-order valence-electron chi connectivity index (χ3n) is 2.60. The van der Waals surface area contributed by atoms with E-state index in [4.69, 9.17) is 5.11 Å². The molecule has 0 saturated heterocycles. The molecule has 0 amide bonds. The maximum absolute atomic E-state index is 12.3. The first-order valence-corrected chi connectivity index (χ1v) is 7.61. The second-order valence-electron chi connectivity index (χ2n) is 4.10. The molecule has 0 saturated carbocycles. The Kier molecular flexibility index (Phi) is 5.99. The second kappa shape index (κ2) is 7.10. The van der Waals surface area contributed by atoms with E-state index in [-0.39, 0.29) is 31.0 Å². The molecule has 21 heavy (non-hydrogen) atoms. The SMILES string of the molecule is CCN(CCCO)S(=O)(=O)c1cccc(OC(F)(F)F)c1. The molecule has 1 aromatic rings. The molecule has 0 aliphatic heterocycles. The van der Waals surface area contributed by atoms with Gasteiger partial charge in [-0.15, -0.1) is 13.2 Å². The van der Waals surface area contributed by atoms with Gasteiger partial charge in [0.1, 0.15) is 5.75 Å². The fraction of sp³-hybridized carbons (Fsp3) is 0.500. The van der Waals surface area contributed by atoms with Gasteiger partial charge in [-0.05, 0) is 18.6 Å². The maximum Gasteiger partial charge on any atom is 0.573 e. The predicted molar refractivity (Wildman–Crippen MR) is 69.3 cm³/mol. The van der Waals surface area contributed by atoms with E-state index in [1.165, 1.54) is 12.1 Å². The lowest BCUT2D eigenvalue weighted by atomic mass is 10.3. The molecule has 0 atom stereocenters. The molecule has 0 fully saturated rings. The predicted octanol–water partition coefficient (Wildman–Crippen LogP) is 1.98. The lowest BCUT2D eigenvalue weighted by Gasteiger charge is -2.20. The van der Waals surface area contributed by atoms with Gasteiger partial charge >= 0.3 is 6.36 Å². The number of alkyl halides is 3. The zero-order valence-corrected chi connectivity index (χ0v) is 12.1. The Bertz CT molecular complexity index is 560. The quantitative estimate of drug-likeness (QED) is 0.831. The molecule has 0 unspecified atom stereocenters. The van der Waals surface area contributed by atoms with Gasteiger partial charge in [-0.1, -0.05) is 13.0 Å². The van der Waals surface area contributed by atoms with E-state index in [1.54, 1.807) is 6.92 Å². The maximum atomic E-state index is 12.3. The first kappa shape index (κ1) is 17.7. The topological polar surface area (TPSA) is 66.8 Å². The number of hydrogen-bond acceptors (Lipinski definition) is 4. The standard InChI is InChI=1S/C12H16F3NO4S/c1-2-16(7-4-8-17)21(18,19)11-6-3-5-10(9-11)20-12(13,14)15/h3,5-6,9,17H,2,4,7-8H2,1H3. The smallest absolute Gasteiger partial charge is 0.406 e. The van der Waals surface area contributed by atoms with Crippen molar-refractivity contribution < 1.29 is 31.4 Å². The van der Waals surface area contributed by atoms with Crippen LogP contribution in [0.25, 0.3) is 0 Å². The molecular weight excluding hydrogens is 311 g/mol. The summed E-state index contributed by atoms with van der Waals surface area (Å²) in [5.74, 6) is -0.596. The molecule has 1 aromatic carbocycles. The van der Waals surface area contributed by atoms with Gasteiger partial charge in [-0.2, -0.15) is 4.31 Å². The average molecular weight is 327 g/mol. The highest BCUT2D eigenvalue weighted by Gasteiger charge is 2.32. The summed E-state index contributed by atoms with van der Waals surface area (Å²) in [5, 5.41) is 8.75. The number of aliphatic hydroxyl groups excluding tert-OH is 1. The van der Waals surface area contributed by atoms with Gasteiger partial charge < -0.3 is 9.84 Å². The molecule has 0 bridgehead atoms. The number of sulfonamides is 1. The third kappa shape index (κ3) is 5.18. The van der Waals surface area contributed by atoms with Gasteiger partial charge in [0.05, 0.1) is 4.90 Å². The van der Waals surface area contributed by atoms with Crippen LogP contribution in [0.4, 0.5) is 13.2 Å². The van der Waals surface area contributed by atoms with Gasteiger partial charge in [-0.3, -0.25) is 0 Å². The van der Waals surface area contributed by atoms with E-state index in [0.717, 1.165) is 16.4 Å². The molecule has 0 aliphatic rings. The van der Waals surface area contributed by atoms with Crippen molar-refractivity contribution in [2.75, 3.05) is 19.7 Å². The van der Waals surface area contributed by atoms with Gasteiger partial charge in [0, 0.05) is 25.8 Å². The number of halogens is 3. The summed E-state index contributed by atoms with van der Waals surface area (Å²) >= 11 is 0. The number of aliphatic hydroxyl groups is 1. The minimum absolute atomic E-state index is 0.0830. The van der Waals surface area contributed by atoms with Crippen LogP contribution in [0.15, 0.2) is 29.2 Å². The van der Waals surface area contributed by atoms with Crippen LogP contribution < -0.4 is 4.74 Å². The lowest BCUT2D eigenvalue weighted by molar-refractivity contribution is -0.274. The first-order chi connectivity index (χ1) is 9.70. The number of rotatable bonds is 7. The van der Waals surface area contributed by atoms with Gasteiger partial charge in [0.15, 0.2) is 0 Å². The highest BCUT2D eigenvalue weighted by Crippen LogP contribution is 2.26. The minimum atomic E-state index is -4.89. The van der Waals surface area contributed by atoms with Crippen molar-refractivity contribution >= 4 is 10.0 Å². The summed E-state index contributed by atoms with van der Waals surface area (Å²) in [4.78, 5) is -0.288. The largest absolute Gasteiger partial charge is 0.573 e. The molecule has 0 radical (unpaired) electrons. The zero-order valence-electron chi connectivity index (χ0n) is 11.3. The van der Waals surface area contributed by atoms with Crippen LogP contribution in [-0.2, 0) is 10.0 Å². The summed E-state index contributed by atoms with van der Waals surface area (Å²) in [5.41, 5.74) is 0. The van der Waals surface area contributed by atoms with Crippen molar-refractivity contribution in [1.82, 2.24) is 4.31 Å². The average Bonchev–Trinajstić information content (AvgIpc) is 2.37. The van der Waals surface area contributed by atoms with Crippen molar-refractivity contribution in [3.63, 3.8) is 0 Å². The summed E-state index contributed by atoms with van der Waals surface area (Å²) in [7, 11) is -3.93. The molecular formula is C12H16F3NO4S. The van der Waals surface area contributed by atoms with E-state index in [1.807, 2.05) is 0 Å². The van der Waals surface area contributed by atoms with E-state index in [2.05, 4.69) is 4.74 Å². The molecule has 0 heterocycles. The van der Waals surface area contributed by atoms with Crippen molar-refractivity contribution in [3.05, 3.63) is 24.3 Å². The van der Waals surface area contributed by atoms with E-state index in [0.29, 0.717) is 0 Å². The number of ether oxygens (including phenoxy) is 1. The normalized spacial score (nSPS) is 12.7. The Hall–Kier alpha value is -1.32. The van der Waals surface area contributed by atoms with Crippen molar-refractivity contribution in [1.29, 1.82) is 0 Å². The van der Waals surface area contributed by atoms with Crippen LogP contribution in [0.2, 0.25) is 0 Å². The monoisotopic (exact) mass is 327 g/mol. The molecule has 0 spiro atoms. The minimum Gasteiger partial charge on any atom is -0.406 e. The highest BCUT2D eigenvalue weighted by molar-refractivity contribution is 7.89. The van der Waals surface area contributed by atoms with Gasteiger partial charge in [0.25, 0.3) is 0 Å². The Morgan fingerprint density at radius 2 is 2.00 bits per heavy atom. The van der Waals surface area contributed by atoms with Crippen molar-refractivity contribution in [2.45, 2.75) is 24.6 Å². The second-order valence-corrected chi connectivity index (χ2v) is 6.03. The molecule has 0 aromatic heterocycles. The number of hydrogen-bond donors (Lipinski definition) is 1. The van der Waals surface area contributed by atoms with E-state index >= 15 is 0 Å². The molecule has 5 nitrogen and oxygen atoms in total. The van der Waals surface area contributed by atoms with Crippen LogP contribution in [0.5, 0.6) is 5.75 Å². The highest BCUT2D eigenvalue weighted by atomic mass is 32.2. The van der Waals surface area contributed by atoms with Crippen molar-refractivity contribution in [3.8, 4) is 5.75 Å². The summed E-state index contributed by atoms with van der Waals surface area (Å²) in [6.45, 7) is 1.65. The Balaban J connectivity index is 3.05. The van der Waals surface area contributed by atoms with Gasteiger partial charge in [0.2, 0.25) is 10.0 Å². The summed E-state index contributed by atoms with van der Waals surface area (Å²) in [6, 6.07) is 4.22. The molecule has 1 N–H and O–H groups in total. The van der Waals surface area contributed by atoms with Crippen LogP contribution in [0.1, 0.15) is 13.3 Å². The Morgan fingerprint density at radius 3 is 2.52 bits per heavy atom. The molecule has 120 valence electrons. The van der Waals surface area contributed by atoms with Gasteiger partial charge in [-0.25, -0.2) is 8.42 Å². The van der Waals surface area contributed by atoms with E-state index < -0.39 is 22.1 Å². The fourth-order valence-corrected chi connectivity index (χ4v) is 3.20. The first-order valence-electron chi connectivity index (χ1n) is 6.17. The Morgan fingerprint density at radius 1 is 1.33 bits per heavy atom. The van der Waals surface area contributed by atoms with Crippen molar-refractivity contribution in [2.24, 2.45) is 0 Å². The molecule has 0 aliphatic carbocycles. The van der Waals surface area contributed by atoms with Crippen LogP contribution in [0, 0.1) is 0 Å². The van der Waals surface area contributed by atoms with Crippen LogP contribution in [0.3, 0.4) is 0 Å². The summed E-state index contributed by atoms with van der Waals surface area (Å²) in [6.07, 6.45) is -4.64. The third-order valence-corrected chi connectivity index (χ3v) is 4.57. The van der Waals surface area contributed by atoms with E-state index in [9.17, 15) is 21.6 Å². The number of nitrogens with zero attached hydrogens (tertiary/aromatic N) is 1. The molecule has 9 heteroatoms. The number of benzene rings is 1. The van der Waals surface area contributed by atoms with Crippen LogP contribution in [-0.4, -0.2) is 43.9 Å². The zero-order chi connectivity index (χ0) is 16.1.